The zero-order chi connectivity index (χ0) is 20.1. The second-order valence-corrected chi connectivity index (χ2v) is 6.85. The number of methoxy groups -OCH3 is 1. The fourth-order valence-corrected chi connectivity index (χ4v) is 2.73. The van der Waals surface area contributed by atoms with Gasteiger partial charge in [-0.25, -0.2) is 4.79 Å². The lowest BCUT2D eigenvalue weighted by atomic mass is 10.0. The maximum Gasteiger partial charge on any atom is 0.341 e. The largest absolute Gasteiger partial charge is 0.481 e. The quantitative estimate of drug-likeness (QED) is 0.745. The van der Waals surface area contributed by atoms with Crippen molar-refractivity contribution in [3.05, 3.63) is 52.5 Å². The third kappa shape index (κ3) is 5.12. The van der Waals surface area contributed by atoms with Gasteiger partial charge in [0.25, 0.3) is 5.91 Å². The van der Waals surface area contributed by atoms with Gasteiger partial charge in [0, 0.05) is 0 Å². The molecule has 6 heteroatoms. The number of rotatable bonds is 7. The predicted octanol–water partition coefficient (Wildman–Crippen LogP) is 3.89. The van der Waals surface area contributed by atoms with Gasteiger partial charge in [-0.2, -0.15) is 0 Å². The third-order valence-electron chi connectivity index (χ3n) is 4.28. The summed E-state index contributed by atoms with van der Waals surface area (Å²) in [5.41, 5.74) is 2.49. The Labute approximate surface area is 159 Å². The Hall–Kier alpha value is -2.76. The Bertz CT molecular complexity index is 822. The summed E-state index contributed by atoms with van der Waals surface area (Å²) < 4.78 is 16.1. The number of hydrogen-bond donors (Lipinski definition) is 1. The minimum atomic E-state index is -0.666. The Morgan fingerprint density at radius 3 is 2.48 bits per heavy atom. The molecule has 1 heterocycles. The molecule has 2 aromatic rings. The molecule has 1 amide bonds. The van der Waals surface area contributed by atoms with E-state index >= 15 is 0 Å². The van der Waals surface area contributed by atoms with Gasteiger partial charge in [0.1, 0.15) is 22.8 Å². The smallest absolute Gasteiger partial charge is 0.341 e. The lowest BCUT2D eigenvalue weighted by Gasteiger charge is -2.19. The molecule has 0 saturated heterocycles. The number of carbonyl (C=O) groups excluding carboxylic acids is 2. The summed E-state index contributed by atoms with van der Waals surface area (Å²) in [6, 6.07) is 7.58. The summed E-state index contributed by atoms with van der Waals surface area (Å²) in [5, 5.41) is 2.77. The molecule has 0 bridgehead atoms. The molecular formula is C21H27NO5. The van der Waals surface area contributed by atoms with Crippen LogP contribution in [-0.4, -0.2) is 25.1 Å². The van der Waals surface area contributed by atoms with Crippen LogP contribution in [0.25, 0.3) is 0 Å². The van der Waals surface area contributed by atoms with Gasteiger partial charge in [0.15, 0.2) is 6.10 Å². The van der Waals surface area contributed by atoms with Crippen LogP contribution in [-0.2, 0) is 16.1 Å². The molecule has 0 radical (unpaired) electrons. The van der Waals surface area contributed by atoms with Crippen LogP contribution in [0.15, 0.2) is 28.7 Å². The topological polar surface area (TPSA) is 77.8 Å². The first-order chi connectivity index (χ1) is 12.7. The average molecular weight is 373 g/mol. The lowest BCUT2D eigenvalue weighted by Crippen LogP contribution is -2.36. The van der Waals surface area contributed by atoms with Gasteiger partial charge in [0.05, 0.1) is 13.7 Å². The molecule has 0 fully saturated rings. The molecule has 146 valence electrons. The lowest BCUT2D eigenvalue weighted by molar-refractivity contribution is -0.127. The van der Waals surface area contributed by atoms with E-state index in [-0.39, 0.29) is 12.5 Å². The van der Waals surface area contributed by atoms with Crippen LogP contribution < -0.4 is 10.1 Å². The predicted molar refractivity (Wildman–Crippen MR) is 102 cm³/mol. The number of ether oxygens (including phenoxy) is 2. The van der Waals surface area contributed by atoms with E-state index in [4.69, 9.17) is 13.9 Å². The highest BCUT2D eigenvalue weighted by Gasteiger charge is 2.19. The average Bonchev–Trinajstić information content (AvgIpc) is 2.99. The molecule has 0 saturated carbocycles. The van der Waals surface area contributed by atoms with Crippen LogP contribution in [0.1, 0.15) is 59.7 Å². The van der Waals surface area contributed by atoms with E-state index in [0.717, 1.165) is 16.9 Å². The highest BCUT2D eigenvalue weighted by molar-refractivity contribution is 5.90. The molecule has 2 rings (SSSR count). The van der Waals surface area contributed by atoms with E-state index in [0.29, 0.717) is 23.0 Å². The van der Waals surface area contributed by atoms with Gasteiger partial charge in [-0.3, -0.25) is 4.79 Å². The van der Waals surface area contributed by atoms with Gasteiger partial charge in [-0.05, 0) is 49.9 Å². The molecule has 6 nitrogen and oxygen atoms in total. The van der Waals surface area contributed by atoms with Crippen molar-refractivity contribution >= 4 is 11.9 Å². The fourth-order valence-electron chi connectivity index (χ4n) is 2.73. The zero-order valence-electron chi connectivity index (χ0n) is 16.7. The maximum atomic E-state index is 12.4. The molecule has 0 aliphatic heterocycles. The highest BCUT2D eigenvalue weighted by atomic mass is 16.5. The van der Waals surface area contributed by atoms with Gasteiger partial charge in [-0.1, -0.05) is 26.0 Å². The molecular weight excluding hydrogens is 346 g/mol. The molecule has 1 N–H and O–H groups in total. The summed E-state index contributed by atoms with van der Waals surface area (Å²) in [4.78, 5) is 24.0. The summed E-state index contributed by atoms with van der Waals surface area (Å²) >= 11 is 0. The van der Waals surface area contributed by atoms with Crippen LogP contribution in [0.5, 0.6) is 5.75 Å². The van der Waals surface area contributed by atoms with Gasteiger partial charge < -0.3 is 19.2 Å². The Morgan fingerprint density at radius 2 is 1.85 bits per heavy atom. The van der Waals surface area contributed by atoms with Crippen LogP contribution in [0.2, 0.25) is 0 Å². The Kier molecular flexibility index (Phi) is 6.66. The van der Waals surface area contributed by atoms with Gasteiger partial charge in [0.2, 0.25) is 0 Å². The van der Waals surface area contributed by atoms with Gasteiger partial charge >= 0.3 is 5.97 Å². The van der Waals surface area contributed by atoms with Crippen LogP contribution in [0.3, 0.4) is 0 Å². The summed E-state index contributed by atoms with van der Waals surface area (Å²) in [5.74, 6) is 1.21. The van der Waals surface area contributed by atoms with E-state index in [1.165, 1.54) is 7.11 Å². The second-order valence-electron chi connectivity index (χ2n) is 6.85. The van der Waals surface area contributed by atoms with Crippen molar-refractivity contribution < 1.29 is 23.5 Å². The van der Waals surface area contributed by atoms with Crippen LogP contribution in [0.4, 0.5) is 0 Å². The fraction of sp³-hybridized carbons (Fsp3) is 0.429. The first-order valence-corrected chi connectivity index (χ1v) is 8.95. The molecule has 0 spiro atoms. The molecule has 0 aliphatic rings. The summed E-state index contributed by atoms with van der Waals surface area (Å²) in [6.45, 7) is 9.69. The second kappa shape index (κ2) is 8.75. The van der Waals surface area contributed by atoms with Crippen molar-refractivity contribution in [2.75, 3.05) is 7.11 Å². The van der Waals surface area contributed by atoms with Gasteiger partial charge in [-0.15, -0.1) is 0 Å². The van der Waals surface area contributed by atoms with E-state index in [1.807, 2.05) is 25.1 Å². The van der Waals surface area contributed by atoms with Crippen LogP contribution >= 0.6 is 0 Å². The zero-order valence-corrected chi connectivity index (χ0v) is 16.7. The van der Waals surface area contributed by atoms with Crippen LogP contribution in [0, 0.1) is 13.8 Å². The normalized spacial score (nSPS) is 12.0. The van der Waals surface area contributed by atoms with E-state index in [2.05, 4.69) is 19.2 Å². The minimum Gasteiger partial charge on any atom is -0.481 e. The monoisotopic (exact) mass is 373 g/mol. The molecule has 1 atom stereocenters. The molecule has 1 aromatic heterocycles. The van der Waals surface area contributed by atoms with Crippen molar-refractivity contribution in [2.24, 2.45) is 0 Å². The van der Waals surface area contributed by atoms with E-state index in [9.17, 15) is 9.59 Å². The first kappa shape index (κ1) is 20.6. The molecule has 27 heavy (non-hydrogen) atoms. The Balaban J connectivity index is 2.01. The van der Waals surface area contributed by atoms with Crippen molar-refractivity contribution in [3.63, 3.8) is 0 Å². The standard InChI is InChI=1S/C21H27NO5/c1-12(2)17-8-7-13(3)9-19(17)27-15(5)20(23)22-11-16-10-18(14(4)26-16)21(24)25-6/h7-10,12,15H,11H2,1-6H3,(H,22,23). The number of aryl methyl sites for hydroxylation is 2. The number of furan rings is 1. The minimum absolute atomic E-state index is 0.162. The molecule has 0 aliphatic carbocycles. The highest BCUT2D eigenvalue weighted by Crippen LogP contribution is 2.28. The SMILES string of the molecule is COC(=O)c1cc(CNC(=O)C(C)Oc2cc(C)ccc2C(C)C)oc1C. The van der Waals surface area contributed by atoms with Crippen molar-refractivity contribution in [1.82, 2.24) is 5.32 Å². The van der Waals surface area contributed by atoms with E-state index in [1.54, 1.807) is 19.9 Å². The number of esters is 1. The van der Waals surface area contributed by atoms with E-state index < -0.39 is 12.1 Å². The van der Waals surface area contributed by atoms with Crippen molar-refractivity contribution in [2.45, 2.75) is 53.2 Å². The first-order valence-electron chi connectivity index (χ1n) is 8.95. The Morgan fingerprint density at radius 1 is 1.15 bits per heavy atom. The molecule has 1 unspecified atom stereocenters. The number of benzene rings is 1. The number of amides is 1. The molecule has 1 aromatic carbocycles. The third-order valence-corrected chi connectivity index (χ3v) is 4.28. The van der Waals surface area contributed by atoms with Crippen molar-refractivity contribution in [3.8, 4) is 5.75 Å². The number of nitrogens with one attached hydrogen (secondary N) is 1. The summed E-state index contributed by atoms with van der Waals surface area (Å²) in [7, 11) is 1.31. The summed E-state index contributed by atoms with van der Waals surface area (Å²) in [6.07, 6.45) is -0.666. The maximum absolute atomic E-state index is 12.4. The van der Waals surface area contributed by atoms with Crippen molar-refractivity contribution in [1.29, 1.82) is 0 Å². The number of carbonyl (C=O) groups is 2. The number of hydrogen-bond acceptors (Lipinski definition) is 5.